The first-order valence-corrected chi connectivity index (χ1v) is 11.3. The molecule has 0 aromatic rings. The van der Waals surface area contributed by atoms with Gasteiger partial charge in [-0.3, -0.25) is 4.79 Å². The Labute approximate surface area is 181 Å². The summed E-state index contributed by atoms with van der Waals surface area (Å²) in [6.45, 7) is 19.9. The molecule has 3 aliphatic carbocycles. The molecule has 1 aliphatic heterocycles. The van der Waals surface area contributed by atoms with E-state index in [0.29, 0.717) is 12.0 Å². The summed E-state index contributed by atoms with van der Waals surface area (Å²) in [5.41, 5.74) is 1.58. The first-order valence-electron chi connectivity index (χ1n) is 11.3. The summed E-state index contributed by atoms with van der Waals surface area (Å²) in [6, 6.07) is 0. The van der Waals surface area contributed by atoms with Gasteiger partial charge in [0.25, 0.3) is 0 Å². The van der Waals surface area contributed by atoms with Gasteiger partial charge in [-0.05, 0) is 61.5 Å². The molecule has 3 saturated carbocycles. The van der Waals surface area contributed by atoms with Crippen molar-refractivity contribution in [3.05, 3.63) is 24.3 Å². The van der Waals surface area contributed by atoms with Crippen molar-refractivity contribution in [2.75, 3.05) is 13.9 Å². The Hall–Kier alpha value is -1.01. The summed E-state index contributed by atoms with van der Waals surface area (Å²) in [5, 5.41) is 0. The van der Waals surface area contributed by atoms with Crippen molar-refractivity contribution in [3.63, 3.8) is 0 Å². The van der Waals surface area contributed by atoms with Gasteiger partial charge in [-0.2, -0.15) is 0 Å². The molecule has 4 rings (SSSR count). The smallest absolute Gasteiger partial charge is 0.163 e. The van der Waals surface area contributed by atoms with Crippen molar-refractivity contribution >= 4 is 5.78 Å². The van der Waals surface area contributed by atoms with Crippen LogP contribution in [0.5, 0.6) is 0 Å². The van der Waals surface area contributed by atoms with E-state index in [0.717, 1.165) is 24.8 Å². The number of Topliss-reactive ketones (excluding diaryl/α,β-unsaturated/α-hetero) is 1. The van der Waals surface area contributed by atoms with Crippen LogP contribution in [-0.2, 0) is 23.7 Å². The van der Waals surface area contributed by atoms with Gasteiger partial charge in [0.1, 0.15) is 6.79 Å². The highest BCUT2D eigenvalue weighted by atomic mass is 16.8. The number of fused-ring (bicyclic) bond motifs is 6. The zero-order chi connectivity index (χ0) is 22.1. The van der Waals surface area contributed by atoms with Gasteiger partial charge in [0.05, 0.1) is 18.3 Å². The lowest BCUT2D eigenvalue weighted by Gasteiger charge is -2.58. The monoisotopic (exact) mass is 418 g/mol. The average Bonchev–Trinajstić information content (AvgIpc) is 2.97. The van der Waals surface area contributed by atoms with Crippen LogP contribution in [0.1, 0.15) is 60.3 Å². The summed E-state index contributed by atoms with van der Waals surface area (Å²) < 4.78 is 24.3. The quantitative estimate of drug-likeness (QED) is 0.379. The predicted molar refractivity (Wildman–Crippen MR) is 115 cm³/mol. The van der Waals surface area contributed by atoms with Gasteiger partial charge >= 0.3 is 0 Å². The first kappa shape index (κ1) is 22.2. The average molecular weight is 419 g/mol. The zero-order valence-corrected chi connectivity index (χ0v) is 19.5. The standard InChI is InChI=1S/C25H38O5/c1-14-17-11-16-12-18(26)15(2)20(23(16,3)4)21-22(30-24(5,6)29-21)25(17,7)10-9-19(14)28-13-27-8/h16-17,19-22H,1-2,9-13H2,3-8H3/t16?,17-,19+,20?,21-,22+,25-/m1/s1. The molecule has 5 heteroatoms. The third-order valence-corrected chi connectivity index (χ3v) is 8.64. The molecule has 168 valence electrons. The second-order valence-corrected chi connectivity index (χ2v) is 11.1. The Bertz CT molecular complexity index is 753. The largest absolute Gasteiger partial charge is 0.359 e. The molecular weight excluding hydrogens is 380 g/mol. The fourth-order valence-electron chi connectivity index (χ4n) is 6.88. The summed E-state index contributed by atoms with van der Waals surface area (Å²) in [6.07, 6.45) is 2.99. The molecule has 0 radical (unpaired) electrons. The zero-order valence-electron chi connectivity index (χ0n) is 19.5. The summed E-state index contributed by atoms with van der Waals surface area (Å²) >= 11 is 0. The van der Waals surface area contributed by atoms with Crippen LogP contribution in [0.25, 0.3) is 0 Å². The van der Waals surface area contributed by atoms with Gasteiger partial charge in [0, 0.05) is 24.9 Å². The Morgan fingerprint density at radius 2 is 1.83 bits per heavy atom. The molecule has 0 aromatic carbocycles. The lowest BCUT2D eigenvalue weighted by atomic mass is 9.48. The van der Waals surface area contributed by atoms with Crippen LogP contribution in [-0.4, -0.2) is 43.8 Å². The molecule has 4 aliphatic rings. The fraction of sp³-hybridized carbons (Fsp3) is 0.800. The fourth-order valence-corrected chi connectivity index (χ4v) is 6.88. The molecule has 0 amide bonds. The Morgan fingerprint density at radius 1 is 1.13 bits per heavy atom. The normalized spacial score (nSPS) is 44.8. The van der Waals surface area contributed by atoms with E-state index >= 15 is 0 Å². The number of carbonyl (C=O) groups is 1. The number of carbonyl (C=O) groups excluding carboxylic acids is 1. The lowest BCUT2D eigenvalue weighted by Crippen LogP contribution is -2.59. The molecule has 4 fully saturated rings. The van der Waals surface area contributed by atoms with E-state index in [1.165, 1.54) is 0 Å². The highest BCUT2D eigenvalue weighted by Crippen LogP contribution is 2.62. The predicted octanol–water partition coefficient (Wildman–Crippen LogP) is 4.66. The third-order valence-electron chi connectivity index (χ3n) is 8.64. The highest BCUT2D eigenvalue weighted by Gasteiger charge is 2.64. The number of methoxy groups -OCH3 is 1. The Kier molecular flexibility index (Phi) is 5.37. The first-order chi connectivity index (χ1) is 13.9. The van der Waals surface area contributed by atoms with Crippen molar-refractivity contribution in [2.24, 2.45) is 28.6 Å². The molecule has 30 heavy (non-hydrogen) atoms. The minimum Gasteiger partial charge on any atom is -0.359 e. The van der Waals surface area contributed by atoms with Crippen LogP contribution in [0.3, 0.4) is 0 Å². The van der Waals surface area contributed by atoms with Crippen molar-refractivity contribution in [1.82, 2.24) is 0 Å². The summed E-state index contributed by atoms with van der Waals surface area (Å²) in [5.74, 6) is -0.110. The molecule has 7 atom stereocenters. The maximum absolute atomic E-state index is 13.0. The van der Waals surface area contributed by atoms with E-state index in [2.05, 4.69) is 33.9 Å². The van der Waals surface area contributed by atoms with E-state index < -0.39 is 5.79 Å². The maximum atomic E-state index is 13.0. The van der Waals surface area contributed by atoms with E-state index in [9.17, 15) is 4.79 Å². The molecule has 2 unspecified atom stereocenters. The van der Waals surface area contributed by atoms with Crippen LogP contribution < -0.4 is 0 Å². The van der Waals surface area contributed by atoms with E-state index in [1.54, 1.807) is 7.11 Å². The number of hydrogen-bond donors (Lipinski definition) is 0. The van der Waals surface area contributed by atoms with Gasteiger partial charge in [-0.15, -0.1) is 0 Å². The molecule has 5 nitrogen and oxygen atoms in total. The van der Waals surface area contributed by atoms with Gasteiger partial charge in [0.2, 0.25) is 0 Å². The van der Waals surface area contributed by atoms with Crippen molar-refractivity contribution in [1.29, 1.82) is 0 Å². The van der Waals surface area contributed by atoms with Crippen molar-refractivity contribution in [3.8, 4) is 0 Å². The number of hydrogen-bond acceptors (Lipinski definition) is 5. The van der Waals surface area contributed by atoms with Crippen LogP contribution >= 0.6 is 0 Å². The lowest BCUT2D eigenvalue weighted by molar-refractivity contribution is -0.166. The van der Waals surface area contributed by atoms with Gasteiger partial charge in [-0.25, -0.2) is 0 Å². The van der Waals surface area contributed by atoms with E-state index in [1.807, 2.05) is 13.8 Å². The molecule has 1 saturated heterocycles. The highest BCUT2D eigenvalue weighted by molar-refractivity contribution is 5.96. The summed E-state index contributed by atoms with van der Waals surface area (Å²) in [7, 11) is 1.64. The Morgan fingerprint density at radius 3 is 2.50 bits per heavy atom. The van der Waals surface area contributed by atoms with Gasteiger partial charge < -0.3 is 18.9 Å². The van der Waals surface area contributed by atoms with Crippen LogP contribution in [0.15, 0.2) is 24.3 Å². The molecule has 0 spiro atoms. The molecular formula is C25H38O5. The number of rotatable bonds is 3. The van der Waals surface area contributed by atoms with Crippen molar-refractivity contribution < 1.29 is 23.7 Å². The summed E-state index contributed by atoms with van der Waals surface area (Å²) in [4.78, 5) is 13.0. The van der Waals surface area contributed by atoms with Gasteiger partial charge in [0.15, 0.2) is 11.6 Å². The van der Waals surface area contributed by atoms with Crippen LogP contribution in [0.4, 0.5) is 0 Å². The topological polar surface area (TPSA) is 54.0 Å². The number of ketones is 1. The minimum atomic E-state index is -0.690. The molecule has 1 heterocycles. The van der Waals surface area contributed by atoms with E-state index in [4.69, 9.17) is 18.9 Å². The Balaban J connectivity index is 1.80. The van der Waals surface area contributed by atoms with Gasteiger partial charge in [-0.1, -0.05) is 33.9 Å². The third kappa shape index (κ3) is 3.24. The van der Waals surface area contributed by atoms with Crippen LogP contribution in [0, 0.1) is 28.6 Å². The van der Waals surface area contributed by atoms with Crippen molar-refractivity contribution in [2.45, 2.75) is 84.4 Å². The molecule has 0 aromatic heterocycles. The minimum absolute atomic E-state index is 0.0237. The SMILES string of the molecule is C=C1C(=O)CC2C[C@@H]3C(=C)[C@@H](OCOC)CC[C@@]3(C)[C@H]3OC(C)(C)O[C@@H]3C1C2(C)C. The van der Waals surface area contributed by atoms with Crippen LogP contribution in [0.2, 0.25) is 0 Å². The molecule has 2 bridgehead atoms. The van der Waals surface area contributed by atoms with E-state index in [-0.39, 0.29) is 59.5 Å². The molecule has 0 N–H and O–H groups in total. The number of ether oxygens (including phenoxy) is 4. The second kappa shape index (κ2) is 7.26. The maximum Gasteiger partial charge on any atom is 0.163 e. The second-order valence-electron chi connectivity index (χ2n) is 11.1.